The SMILES string of the molecule is Cc1noc(C)c1S(=O)(=O)NC1CCCC1CN. The molecular formula is C11H19N3O3S. The lowest BCUT2D eigenvalue weighted by Gasteiger charge is -2.19. The molecule has 0 bridgehead atoms. The van der Waals surface area contributed by atoms with E-state index in [4.69, 9.17) is 10.3 Å². The van der Waals surface area contributed by atoms with Gasteiger partial charge in [0.1, 0.15) is 10.6 Å². The molecule has 0 radical (unpaired) electrons. The Hall–Kier alpha value is -0.920. The number of hydrogen-bond acceptors (Lipinski definition) is 5. The lowest BCUT2D eigenvalue weighted by molar-refractivity contribution is 0.390. The van der Waals surface area contributed by atoms with E-state index in [-0.39, 0.29) is 16.9 Å². The largest absolute Gasteiger partial charge is 0.360 e. The van der Waals surface area contributed by atoms with Crippen LogP contribution in [0.25, 0.3) is 0 Å². The number of nitrogens with two attached hydrogens (primary N) is 1. The zero-order valence-electron chi connectivity index (χ0n) is 10.6. The van der Waals surface area contributed by atoms with Crippen LogP contribution in [-0.2, 0) is 10.0 Å². The molecule has 1 aliphatic carbocycles. The van der Waals surface area contributed by atoms with E-state index in [0.717, 1.165) is 19.3 Å². The van der Waals surface area contributed by atoms with Crippen LogP contribution in [0.15, 0.2) is 9.42 Å². The predicted octanol–water partition coefficient (Wildman–Crippen LogP) is 0.697. The van der Waals surface area contributed by atoms with Crippen molar-refractivity contribution in [2.75, 3.05) is 6.54 Å². The maximum Gasteiger partial charge on any atom is 0.246 e. The first kappa shape index (κ1) is 13.5. The average molecular weight is 273 g/mol. The highest BCUT2D eigenvalue weighted by atomic mass is 32.2. The molecule has 0 aromatic carbocycles. The number of aryl methyl sites for hydroxylation is 2. The van der Waals surface area contributed by atoms with Gasteiger partial charge in [-0.2, -0.15) is 0 Å². The highest BCUT2D eigenvalue weighted by Gasteiger charge is 2.32. The second-order valence-electron chi connectivity index (χ2n) is 4.81. The number of aromatic nitrogens is 1. The van der Waals surface area contributed by atoms with Gasteiger partial charge in [-0.05, 0) is 39.2 Å². The van der Waals surface area contributed by atoms with Crippen LogP contribution in [0.4, 0.5) is 0 Å². The van der Waals surface area contributed by atoms with Crippen molar-refractivity contribution >= 4 is 10.0 Å². The highest BCUT2D eigenvalue weighted by Crippen LogP contribution is 2.27. The van der Waals surface area contributed by atoms with E-state index in [1.165, 1.54) is 0 Å². The van der Waals surface area contributed by atoms with Crippen LogP contribution in [-0.4, -0.2) is 26.2 Å². The van der Waals surface area contributed by atoms with Gasteiger partial charge in [0.15, 0.2) is 5.76 Å². The van der Waals surface area contributed by atoms with Crippen molar-refractivity contribution in [3.8, 4) is 0 Å². The van der Waals surface area contributed by atoms with E-state index in [2.05, 4.69) is 9.88 Å². The molecule has 0 spiro atoms. The highest BCUT2D eigenvalue weighted by molar-refractivity contribution is 7.89. The summed E-state index contributed by atoms with van der Waals surface area (Å²) in [4.78, 5) is 0.158. The fraction of sp³-hybridized carbons (Fsp3) is 0.727. The number of sulfonamides is 1. The minimum absolute atomic E-state index is 0.0753. The normalized spacial score (nSPS) is 24.6. The standard InChI is InChI=1S/C11H19N3O3S/c1-7-11(8(2)17-13-7)18(15,16)14-10-5-3-4-9(10)6-12/h9-10,14H,3-6,12H2,1-2H3. The molecule has 0 saturated heterocycles. The number of rotatable bonds is 4. The molecule has 6 nitrogen and oxygen atoms in total. The average Bonchev–Trinajstić information content (AvgIpc) is 2.85. The fourth-order valence-corrected chi connectivity index (χ4v) is 4.26. The molecule has 18 heavy (non-hydrogen) atoms. The van der Waals surface area contributed by atoms with Gasteiger partial charge in [0.2, 0.25) is 10.0 Å². The molecule has 0 amide bonds. The fourth-order valence-electron chi connectivity index (χ4n) is 2.59. The van der Waals surface area contributed by atoms with Gasteiger partial charge in [0.25, 0.3) is 0 Å². The lowest BCUT2D eigenvalue weighted by Crippen LogP contribution is -2.40. The van der Waals surface area contributed by atoms with Gasteiger partial charge >= 0.3 is 0 Å². The Kier molecular flexibility index (Phi) is 3.74. The molecule has 2 unspecified atom stereocenters. The maximum absolute atomic E-state index is 12.3. The summed E-state index contributed by atoms with van der Waals surface area (Å²) in [6.45, 7) is 3.73. The number of nitrogens with zero attached hydrogens (tertiary/aromatic N) is 1. The number of nitrogens with one attached hydrogen (secondary N) is 1. The molecule has 1 aliphatic rings. The third-order valence-electron chi connectivity index (χ3n) is 3.50. The van der Waals surface area contributed by atoms with E-state index in [9.17, 15) is 8.42 Å². The summed E-state index contributed by atoms with van der Waals surface area (Å²) >= 11 is 0. The Bertz CT molecular complexity index is 504. The third-order valence-corrected chi connectivity index (χ3v) is 5.24. The summed E-state index contributed by atoms with van der Waals surface area (Å²) in [7, 11) is -3.57. The minimum atomic E-state index is -3.57. The zero-order valence-corrected chi connectivity index (χ0v) is 11.5. The lowest BCUT2D eigenvalue weighted by atomic mass is 10.1. The Morgan fingerprint density at radius 1 is 1.44 bits per heavy atom. The zero-order chi connectivity index (χ0) is 13.3. The van der Waals surface area contributed by atoms with Gasteiger partial charge in [-0.25, -0.2) is 13.1 Å². The minimum Gasteiger partial charge on any atom is -0.360 e. The Balaban J connectivity index is 2.23. The summed E-state index contributed by atoms with van der Waals surface area (Å²) in [5.74, 6) is 0.544. The van der Waals surface area contributed by atoms with Crippen LogP contribution in [0.3, 0.4) is 0 Å². The second-order valence-corrected chi connectivity index (χ2v) is 6.46. The molecule has 7 heteroatoms. The monoisotopic (exact) mass is 273 g/mol. The molecule has 102 valence electrons. The molecule has 0 aliphatic heterocycles. The summed E-state index contributed by atoms with van der Waals surface area (Å²) in [6, 6.07) is -0.0753. The molecule has 3 N–H and O–H groups in total. The van der Waals surface area contributed by atoms with Crippen molar-refractivity contribution in [1.29, 1.82) is 0 Å². The van der Waals surface area contributed by atoms with Crippen molar-refractivity contribution in [1.82, 2.24) is 9.88 Å². The molecule has 2 rings (SSSR count). The van der Waals surface area contributed by atoms with Crippen LogP contribution in [0.2, 0.25) is 0 Å². The molecule has 1 heterocycles. The van der Waals surface area contributed by atoms with Crippen LogP contribution in [0.5, 0.6) is 0 Å². The van der Waals surface area contributed by atoms with Crippen molar-refractivity contribution in [2.24, 2.45) is 11.7 Å². The quantitative estimate of drug-likeness (QED) is 0.841. The van der Waals surface area contributed by atoms with Crippen molar-refractivity contribution < 1.29 is 12.9 Å². The van der Waals surface area contributed by atoms with Gasteiger partial charge in [0, 0.05) is 6.04 Å². The van der Waals surface area contributed by atoms with E-state index in [1.54, 1.807) is 13.8 Å². The van der Waals surface area contributed by atoms with Gasteiger partial charge in [-0.15, -0.1) is 0 Å². The van der Waals surface area contributed by atoms with E-state index in [1.807, 2.05) is 0 Å². The van der Waals surface area contributed by atoms with Gasteiger partial charge in [-0.3, -0.25) is 0 Å². The molecular weight excluding hydrogens is 254 g/mol. The molecule has 2 atom stereocenters. The number of hydrogen-bond donors (Lipinski definition) is 2. The second kappa shape index (κ2) is 4.99. The maximum atomic E-state index is 12.3. The van der Waals surface area contributed by atoms with E-state index in [0.29, 0.717) is 18.0 Å². The van der Waals surface area contributed by atoms with Crippen molar-refractivity contribution in [3.63, 3.8) is 0 Å². The first-order chi connectivity index (χ1) is 8.45. The van der Waals surface area contributed by atoms with Gasteiger partial charge < -0.3 is 10.3 Å². The smallest absolute Gasteiger partial charge is 0.246 e. The van der Waals surface area contributed by atoms with E-state index < -0.39 is 10.0 Å². The Labute approximate surface area is 107 Å². The molecule has 1 fully saturated rings. The first-order valence-electron chi connectivity index (χ1n) is 6.11. The van der Waals surface area contributed by atoms with Crippen molar-refractivity contribution in [3.05, 3.63) is 11.5 Å². The van der Waals surface area contributed by atoms with Gasteiger partial charge in [-0.1, -0.05) is 11.6 Å². The van der Waals surface area contributed by atoms with Crippen molar-refractivity contribution in [2.45, 2.75) is 44.0 Å². The third kappa shape index (κ3) is 2.43. The molecule has 1 saturated carbocycles. The first-order valence-corrected chi connectivity index (χ1v) is 7.59. The molecule has 1 aromatic rings. The van der Waals surface area contributed by atoms with Crippen LogP contribution in [0, 0.1) is 19.8 Å². The topological polar surface area (TPSA) is 98.2 Å². The van der Waals surface area contributed by atoms with Gasteiger partial charge in [0.05, 0.1) is 0 Å². The summed E-state index contributed by atoms with van der Waals surface area (Å²) in [6.07, 6.45) is 2.83. The predicted molar refractivity (Wildman–Crippen MR) is 66.5 cm³/mol. The summed E-state index contributed by atoms with van der Waals surface area (Å²) in [5, 5.41) is 3.68. The van der Waals surface area contributed by atoms with Crippen LogP contribution >= 0.6 is 0 Å². The summed E-state index contributed by atoms with van der Waals surface area (Å²) < 4.78 is 32.2. The van der Waals surface area contributed by atoms with Crippen LogP contribution in [0.1, 0.15) is 30.7 Å². The van der Waals surface area contributed by atoms with E-state index >= 15 is 0 Å². The van der Waals surface area contributed by atoms with Crippen LogP contribution < -0.4 is 10.5 Å². The Morgan fingerprint density at radius 3 is 2.72 bits per heavy atom. The molecule has 1 aromatic heterocycles. The summed E-state index contributed by atoms with van der Waals surface area (Å²) in [5.41, 5.74) is 6.05. The Morgan fingerprint density at radius 2 is 2.17 bits per heavy atom.